The van der Waals surface area contributed by atoms with Gasteiger partial charge in [-0.25, -0.2) is 15.0 Å². The molecule has 57 heavy (non-hydrogen) atoms. The maximum atomic E-state index is 6.43. The summed E-state index contributed by atoms with van der Waals surface area (Å²) in [6.45, 7) is 0. The highest BCUT2D eigenvalue weighted by Crippen LogP contribution is 2.38. The first kappa shape index (κ1) is 31.5. The van der Waals surface area contributed by atoms with Crippen LogP contribution in [-0.2, 0) is 0 Å². The summed E-state index contributed by atoms with van der Waals surface area (Å²) >= 11 is 0. The molecule has 0 amide bonds. The molecule has 266 valence electrons. The van der Waals surface area contributed by atoms with Crippen LogP contribution in [0.2, 0.25) is 0 Å². The fraction of sp³-hybridized carbons (Fsp3) is 0. The summed E-state index contributed by atoms with van der Waals surface area (Å²) in [7, 11) is 0. The van der Waals surface area contributed by atoms with Gasteiger partial charge >= 0.3 is 0 Å². The second-order valence-corrected chi connectivity index (χ2v) is 14.4. The summed E-state index contributed by atoms with van der Waals surface area (Å²) in [4.78, 5) is 15.2. The summed E-state index contributed by atoms with van der Waals surface area (Å²) in [5.41, 5.74) is 11.9. The third-order valence-electron chi connectivity index (χ3n) is 11.0. The number of para-hydroxylation sites is 3. The lowest BCUT2D eigenvalue weighted by Gasteiger charge is -2.09. The largest absolute Gasteiger partial charge is 0.456 e. The van der Waals surface area contributed by atoms with E-state index in [1.165, 1.54) is 0 Å². The van der Waals surface area contributed by atoms with Gasteiger partial charge in [0.25, 0.3) is 0 Å². The molecule has 12 rings (SSSR count). The van der Waals surface area contributed by atoms with E-state index in [9.17, 15) is 0 Å². The highest BCUT2D eigenvalue weighted by Gasteiger charge is 2.18. The lowest BCUT2D eigenvalue weighted by molar-refractivity contribution is 0.668. The van der Waals surface area contributed by atoms with E-state index in [4.69, 9.17) is 28.2 Å². The van der Waals surface area contributed by atoms with Crippen LogP contribution in [-0.4, -0.2) is 15.0 Å². The van der Waals surface area contributed by atoms with Gasteiger partial charge in [0.15, 0.2) is 17.5 Å². The van der Waals surface area contributed by atoms with Crippen LogP contribution in [0.3, 0.4) is 0 Å². The van der Waals surface area contributed by atoms with Crippen LogP contribution < -0.4 is 0 Å². The minimum Gasteiger partial charge on any atom is -0.456 e. The summed E-state index contributed by atoms with van der Waals surface area (Å²) < 4.78 is 19.1. The van der Waals surface area contributed by atoms with Gasteiger partial charge in [0.2, 0.25) is 0 Å². The van der Waals surface area contributed by atoms with Crippen molar-refractivity contribution in [2.45, 2.75) is 0 Å². The summed E-state index contributed by atoms with van der Waals surface area (Å²) in [5, 5.41) is 6.42. The molecule has 0 saturated carbocycles. The van der Waals surface area contributed by atoms with Crippen molar-refractivity contribution in [1.29, 1.82) is 0 Å². The molecular formula is C51H29N3O3. The van der Waals surface area contributed by atoms with Gasteiger partial charge in [0.05, 0.1) is 0 Å². The smallest absolute Gasteiger partial charge is 0.164 e. The predicted molar refractivity (Wildman–Crippen MR) is 229 cm³/mol. The molecule has 4 aromatic heterocycles. The summed E-state index contributed by atoms with van der Waals surface area (Å²) in [6.07, 6.45) is 0. The van der Waals surface area contributed by atoms with E-state index in [-0.39, 0.29) is 0 Å². The van der Waals surface area contributed by atoms with Gasteiger partial charge in [-0.3, -0.25) is 0 Å². The third-order valence-corrected chi connectivity index (χ3v) is 11.0. The number of benzene rings is 8. The van der Waals surface area contributed by atoms with Gasteiger partial charge in [0.1, 0.15) is 33.5 Å². The SMILES string of the molecule is c1ccc(-c2ccc3oc4cc(-c5nc(-c6ccc(-c7cccc8c7oc7ccccc78)cc6)nc(-c6ccc7c(c6)oc6ccccc67)n5)ccc4c3c2)cc1. The van der Waals surface area contributed by atoms with Crippen LogP contribution >= 0.6 is 0 Å². The Morgan fingerprint density at radius 2 is 0.754 bits per heavy atom. The zero-order valence-electron chi connectivity index (χ0n) is 30.3. The van der Waals surface area contributed by atoms with Crippen molar-refractivity contribution in [3.8, 4) is 56.4 Å². The second-order valence-electron chi connectivity index (χ2n) is 14.4. The minimum absolute atomic E-state index is 0.545. The van der Waals surface area contributed by atoms with Gasteiger partial charge in [-0.2, -0.15) is 0 Å². The molecule has 0 radical (unpaired) electrons. The first-order valence-electron chi connectivity index (χ1n) is 18.9. The number of nitrogens with zero attached hydrogens (tertiary/aromatic N) is 3. The Bertz CT molecular complexity index is 3520. The van der Waals surface area contributed by atoms with Gasteiger partial charge in [0, 0.05) is 54.6 Å². The zero-order chi connectivity index (χ0) is 37.5. The molecule has 0 aliphatic heterocycles. The Kier molecular flexibility index (Phi) is 6.83. The molecule has 4 heterocycles. The molecule has 0 fully saturated rings. The number of furan rings is 3. The Balaban J connectivity index is 0.987. The molecule has 0 spiro atoms. The maximum absolute atomic E-state index is 6.43. The quantitative estimate of drug-likeness (QED) is 0.175. The highest BCUT2D eigenvalue weighted by molar-refractivity contribution is 6.10. The van der Waals surface area contributed by atoms with Crippen molar-refractivity contribution < 1.29 is 13.3 Å². The molecule has 0 N–H and O–H groups in total. The zero-order valence-corrected chi connectivity index (χ0v) is 30.3. The maximum Gasteiger partial charge on any atom is 0.164 e. The monoisotopic (exact) mass is 731 g/mol. The van der Waals surface area contributed by atoms with Crippen LogP contribution in [0.25, 0.3) is 122 Å². The van der Waals surface area contributed by atoms with Gasteiger partial charge in [-0.15, -0.1) is 0 Å². The Labute approximate surface area is 325 Å². The Hall–Kier alpha value is -7.83. The lowest BCUT2D eigenvalue weighted by atomic mass is 10.0. The van der Waals surface area contributed by atoms with Crippen LogP contribution in [0.1, 0.15) is 0 Å². The molecule has 6 heteroatoms. The van der Waals surface area contributed by atoms with Crippen molar-refractivity contribution in [2.75, 3.05) is 0 Å². The molecule has 6 nitrogen and oxygen atoms in total. The van der Waals surface area contributed by atoms with E-state index in [1.54, 1.807) is 0 Å². The van der Waals surface area contributed by atoms with E-state index >= 15 is 0 Å². The number of aromatic nitrogens is 3. The molecule has 0 saturated heterocycles. The lowest BCUT2D eigenvalue weighted by Crippen LogP contribution is -2.00. The Morgan fingerprint density at radius 1 is 0.263 bits per heavy atom. The number of hydrogen-bond donors (Lipinski definition) is 0. The predicted octanol–water partition coefficient (Wildman–Crippen LogP) is 13.9. The normalized spacial score (nSPS) is 11.9. The van der Waals surface area contributed by atoms with Gasteiger partial charge in [-0.1, -0.05) is 127 Å². The van der Waals surface area contributed by atoms with E-state index < -0.39 is 0 Å². The fourth-order valence-corrected chi connectivity index (χ4v) is 8.13. The highest BCUT2D eigenvalue weighted by atomic mass is 16.3. The van der Waals surface area contributed by atoms with E-state index in [0.717, 1.165) is 105 Å². The molecule has 0 bridgehead atoms. The third kappa shape index (κ3) is 5.15. The molecule has 12 aromatic rings. The number of fused-ring (bicyclic) bond motifs is 9. The van der Waals surface area contributed by atoms with E-state index in [2.05, 4.69) is 115 Å². The second kappa shape index (κ2) is 12.3. The van der Waals surface area contributed by atoms with Crippen LogP contribution in [0.4, 0.5) is 0 Å². The average Bonchev–Trinajstić information content (AvgIpc) is 3.97. The molecule has 8 aromatic carbocycles. The first-order chi connectivity index (χ1) is 28.2. The molecule has 0 atom stereocenters. The van der Waals surface area contributed by atoms with Crippen molar-refractivity contribution in [3.05, 3.63) is 176 Å². The van der Waals surface area contributed by atoms with Crippen molar-refractivity contribution >= 4 is 65.8 Å². The number of rotatable bonds is 5. The van der Waals surface area contributed by atoms with Crippen molar-refractivity contribution in [3.63, 3.8) is 0 Å². The van der Waals surface area contributed by atoms with E-state index in [1.807, 2.05) is 60.7 Å². The first-order valence-corrected chi connectivity index (χ1v) is 18.9. The topological polar surface area (TPSA) is 78.1 Å². The summed E-state index contributed by atoms with van der Waals surface area (Å²) in [6, 6.07) is 59.9. The van der Waals surface area contributed by atoms with E-state index in [0.29, 0.717) is 17.5 Å². The van der Waals surface area contributed by atoms with Crippen molar-refractivity contribution in [2.24, 2.45) is 0 Å². The standard InChI is InChI=1S/C51H29N3O3/c1-2-9-30(10-3-1)33-23-26-45-42(27-33)40-25-22-35(29-47(40)56-45)51-53-49(52-50(54-51)34-21-24-39-37-11-4-6-15-43(37)55-46(39)28-34)32-19-17-31(18-20-32)36-13-8-14-41-38-12-5-7-16-44(38)57-48(36)41/h1-29H. The van der Waals surface area contributed by atoms with Crippen LogP contribution in [0.5, 0.6) is 0 Å². The average molecular weight is 732 g/mol. The minimum atomic E-state index is 0.545. The van der Waals surface area contributed by atoms with Crippen LogP contribution in [0.15, 0.2) is 189 Å². The Morgan fingerprint density at radius 3 is 1.46 bits per heavy atom. The number of hydrogen-bond acceptors (Lipinski definition) is 6. The van der Waals surface area contributed by atoms with Crippen LogP contribution in [0, 0.1) is 0 Å². The van der Waals surface area contributed by atoms with Crippen molar-refractivity contribution in [1.82, 2.24) is 15.0 Å². The molecular weight excluding hydrogens is 703 g/mol. The fourth-order valence-electron chi connectivity index (χ4n) is 8.13. The van der Waals surface area contributed by atoms with Gasteiger partial charge in [-0.05, 0) is 65.2 Å². The summed E-state index contributed by atoms with van der Waals surface area (Å²) in [5.74, 6) is 1.65. The molecule has 0 aliphatic rings. The van der Waals surface area contributed by atoms with Gasteiger partial charge < -0.3 is 13.3 Å². The molecule has 0 unspecified atom stereocenters. The molecule has 0 aliphatic carbocycles.